The molecular formula is C20H32O3. The van der Waals surface area contributed by atoms with E-state index in [1.54, 1.807) is 6.08 Å². The number of unbranched alkanes of at least 4 members (excludes halogenated alkanes) is 4. The van der Waals surface area contributed by atoms with Crippen molar-refractivity contribution >= 4 is 5.97 Å². The Bertz CT molecular complexity index is 392. The van der Waals surface area contributed by atoms with E-state index in [-0.39, 0.29) is 6.42 Å². The Morgan fingerprint density at radius 1 is 0.957 bits per heavy atom. The number of allylic oxidation sites excluding steroid dienone is 6. The van der Waals surface area contributed by atoms with Gasteiger partial charge in [-0.1, -0.05) is 68.4 Å². The van der Waals surface area contributed by atoms with Gasteiger partial charge in [-0.15, -0.1) is 0 Å². The molecule has 0 aliphatic rings. The molecule has 0 aromatic carbocycles. The number of aliphatic hydroxyl groups excluding tert-OH is 1. The van der Waals surface area contributed by atoms with Crippen molar-refractivity contribution in [1.82, 2.24) is 0 Å². The highest BCUT2D eigenvalue weighted by atomic mass is 16.4. The fourth-order valence-corrected chi connectivity index (χ4v) is 1.95. The van der Waals surface area contributed by atoms with E-state index in [1.807, 2.05) is 24.3 Å². The van der Waals surface area contributed by atoms with Gasteiger partial charge >= 0.3 is 5.97 Å². The first kappa shape index (κ1) is 21.4. The Labute approximate surface area is 141 Å². The monoisotopic (exact) mass is 320 g/mol. The summed E-state index contributed by atoms with van der Waals surface area (Å²) in [5.74, 6) is -0.757. The van der Waals surface area contributed by atoms with Crippen molar-refractivity contribution in [2.75, 3.05) is 0 Å². The molecule has 0 aromatic heterocycles. The molecule has 0 saturated heterocycles. The maximum Gasteiger partial charge on any atom is 0.303 e. The first-order chi connectivity index (χ1) is 11.2. The topological polar surface area (TPSA) is 57.5 Å². The highest BCUT2D eigenvalue weighted by Crippen LogP contribution is 2.02. The average molecular weight is 320 g/mol. The average Bonchev–Trinajstić information content (AvgIpc) is 2.52. The van der Waals surface area contributed by atoms with E-state index < -0.39 is 12.1 Å². The Morgan fingerprint density at radius 3 is 2.43 bits per heavy atom. The van der Waals surface area contributed by atoms with E-state index >= 15 is 0 Å². The standard InChI is InChI=1S/C20H32O3/c1-2-3-4-5-6-7-8-10-13-16-19(21)17-14-11-9-12-15-18-20(22)23/h6-7,9-11,13-14,17,19,21H,2-5,8,12,15-16,18H2,1H3,(H,22,23)/b7-6-,11-9+,13-10-,17-14+. The first-order valence-corrected chi connectivity index (χ1v) is 8.70. The Hall–Kier alpha value is -1.61. The van der Waals surface area contributed by atoms with E-state index in [1.165, 1.54) is 19.3 Å². The Balaban J connectivity index is 3.62. The van der Waals surface area contributed by atoms with Gasteiger partial charge in [-0.3, -0.25) is 4.79 Å². The molecule has 0 aliphatic heterocycles. The van der Waals surface area contributed by atoms with Crippen LogP contribution in [0.15, 0.2) is 48.6 Å². The molecule has 0 saturated carbocycles. The lowest BCUT2D eigenvalue weighted by molar-refractivity contribution is -0.137. The van der Waals surface area contributed by atoms with Crippen LogP contribution in [0.1, 0.15) is 64.7 Å². The molecule has 2 N–H and O–H groups in total. The molecule has 0 radical (unpaired) electrons. The minimum atomic E-state index is -0.757. The minimum Gasteiger partial charge on any atom is -0.481 e. The van der Waals surface area contributed by atoms with Gasteiger partial charge in [0.2, 0.25) is 0 Å². The van der Waals surface area contributed by atoms with Crippen LogP contribution in [0.3, 0.4) is 0 Å². The van der Waals surface area contributed by atoms with E-state index in [0.717, 1.165) is 19.3 Å². The molecule has 1 atom stereocenters. The lowest BCUT2D eigenvalue weighted by atomic mass is 10.2. The molecule has 3 nitrogen and oxygen atoms in total. The summed E-state index contributed by atoms with van der Waals surface area (Å²) >= 11 is 0. The minimum absolute atomic E-state index is 0.203. The highest BCUT2D eigenvalue weighted by Gasteiger charge is 1.94. The summed E-state index contributed by atoms with van der Waals surface area (Å²) in [6.07, 6.45) is 23.5. The fourth-order valence-electron chi connectivity index (χ4n) is 1.95. The van der Waals surface area contributed by atoms with Crippen molar-refractivity contribution in [3.63, 3.8) is 0 Å². The van der Waals surface area contributed by atoms with Crippen LogP contribution in [-0.2, 0) is 4.79 Å². The van der Waals surface area contributed by atoms with Crippen LogP contribution in [0.4, 0.5) is 0 Å². The molecular weight excluding hydrogens is 288 g/mol. The number of carboxylic acids is 1. The summed E-state index contributed by atoms with van der Waals surface area (Å²) in [5.41, 5.74) is 0. The summed E-state index contributed by atoms with van der Waals surface area (Å²) < 4.78 is 0. The molecule has 130 valence electrons. The first-order valence-electron chi connectivity index (χ1n) is 8.70. The molecule has 3 heteroatoms. The number of hydrogen-bond donors (Lipinski definition) is 2. The van der Waals surface area contributed by atoms with E-state index in [9.17, 15) is 9.90 Å². The van der Waals surface area contributed by atoms with Gasteiger partial charge in [0.1, 0.15) is 0 Å². The highest BCUT2D eigenvalue weighted by molar-refractivity contribution is 5.66. The Morgan fingerprint density at radius 2 is 1.70 bits per heavy atom. The van der Waals surface area contributed by atoms with Gasteiger partial charge in [0.15, 0.2) is 0 Å². The third-order valence-electron chi connectivity index (χ3n) is 3.30. The molecule has 0 heterocycles. The summed E-state index contributed by atoms with van der Waals surface area (Å²) in [6, 6.07) is 0. The lowest BCUT2D eigenvalue weighted by Gasteiger charge is -1.98. The number of carbonyl (C=O) groups is 1. The predicted octanol–water partition coefficient (Wildman–Crippen LogP) is 5.19. The van der Waals surface area contributed by atoms with Crippen LogP contribution >= 0.6 is 0 Å². The van der Waals surface area contributed by atoms with Crippen LogP contribution in [0.25, 0.3) is 0 Å². The molecule has 0 bridgehead atoms. The smallest absolute Gasteiger partial charge is 0.303 e. The van der Waals surface area contributed by atoms with Gasteiger partial charge in [-0.2, -0.15) is 0 Å². The quantitative estimate of drug-likeness (QED) is 0.263. The van der Waals surface area contributed by atoms with Crippen molar-refractivity contribution in [1.29, 1.82) is 0 Å². The largest absolute Gasteiger partial charge is 0.481 e. The van der Waals surface area contributed by atoms with Gasteiger partial charge in [0, 0.05) is 6.42 Å². The molecule has 0 fully saturated rings. The zero-order chi connectivity index (χ0) is 17.2. The second-order valence-corrected chi connectivity index (χ2v) is 5.58. The fraction of sp³-hybridized carbons (Fsp3) is 0.550. The molecule has 0 rings (SSSR count). The summed E-state index contributed by atoms with van der Waals surface area (Å²) in [5, 5.41) is 18.2. The zero-order valence-corrected chi connectivity index (χ0v) is 14.4. The van der Waals surface area contributed by atoms with Crippen LogP contribution in [-0.4, -0.2) is 22.3 Å². The van der Waals surface area contributed by atoms with E-state index in [4.69, 9.17) is 5.11 Å². The SMILES string of the molecule is CCCCC/C=C\C/C=C\CC(O)/C=C/C=C/CCCC(=O)O. The van der Waals surface area contributed by atoms with E-state index in [2.05, 4.69) is 25.2 Å². The van der Waals surface area contributed by atoms with Crippen LogP contribution < -0.4 is 0 Å². The normalized spacial score (nSPS) is 13.8. The summed E-state index contributed by atoms with van der Waals surface area (Å²) in [6.45, 7) is 2.21. The van der Waals surface area contributed by atoms with Crippen molar-refractivity contribution in [2.24, 2.45) is 0 Å². The number of aliphatic hydroxyl groups is 1. The van der Waals surface area contributed by atoms with Crippen molar-refractivity contribution in [3.8, 4) is 0 Å². The molecule has 0 amide bonds. The summed E-state index contributed by atoms with van der Waals surface area (Å²) in [4.78, 5) is 10.3. The van der Waals surface area contributed by atoms with Crippen molar-refractivity contribution in [2.45, 2.75) is 70.8 Å². The zero-order valence-electron chi connectivity index (χ0n) is 14.4. The second kappa shape index (κ2) is 16.8. The maximum absolute atomic E-state index is 10.3. The van der Waals surface area contributed by atoms with Gasteiger partial charge in [0.25, 0.3) is 0 Å². The van der Waals surface area contributed by atoms with Gasteiger partial charge in [-0.05, 0) is 38.5 Å². The third-order valence-corrected chi connectivity index (χ3v) is 3.30. The maximum atomic E-state index is 10.3. The second-order valence-electron chi connectivity index (χ2n) is 5.58. The lowest BCUT2D eigenvalue weighted by Crippen LogP contribution is -1.98. The molecule has 0 aliphatic carbocycles. The third kappa shape index (κ3) is 18.3. The van der Waals surface area contributed by atoms with Crippen molar-refractivity contribution in [3.05, 3.63) is 48.6 Å². The van der Waals surface area contributed by atoms with Crippen LogP contribution in [0.5, 0.6) is 0 Å². The van der Waals surface area contributed by atoms with Crippen LogP contribution in [0, 0.1) is 0 Å². The van der Waals surface area contributed by atoms with Crippen LogP contribution in [0.2, 0.25) is 0 Å². The summed E-state index contributed by atoms with van der Waals surface area (Å²) in [7, 11) is 0. The molecule has 0 aromatic rings. The molecule has 1 unspecified atom stereocenters. The predicted molar refractivity (Wildman–Crippen MR) is 97.4 cm³/mol. The number of aliphatic carboxylic acids is 1. The van der Waals surface area contributed by atoms with Gasteiger partial charge in [0.05, 0.1) is 6.10 Å². The molecule has 0 spiro atoms. The molecule has 23 heavy (non-hydrogen) atoms. The van der Waals surface area contributed by atoms with E-state index in [0.29, 0.717) is 12.8 Å². The number of carboxylic acid groups (broad SMARTS) is 1. The number of hydrogen-bond acceptors (Lipinski definition) is 2. The van der Waals surface area contributed by atoms with Crippen molar-refractivity contribution < 1.29 is 15.0 Å². The Kier molecular flexibility index (Phi) is 15.6. The number of rotatable bonds is 14. The van der Waals surface area contributed by atoms with Gasteiger partial charge < -0.3 is 10.2 Å². The van der Waals surface area contributed by atoms with Gasteiger partial charge in [-0.25, -0.2) is 0 Å².